The third-order valence-corrected chi connectivity index (χ3v) is 2.77. The lowest BCUT2D eigenvalue weighted by atomic mass is 9.95. The fraction of sp³-hybridized carbons (Fsp3) is 0.417. The zero-order valence-corrected chi connectivity index (χ0v) is 9.11. The number of aliphatic hydroxyl groups excluding tert-OH is 1. The van der Waals surface area contributed by atoms with Gasteiger partial charge < -0.3 is 9.84 Å². The lowest BCUT2D eigenvalue weighted by Gasteiger charge is -2.21. The van der Waals surface area contributed by atoms with Gasteiger partial charge in [-0.05, 0) is 18.1 Å². The number of aliphatic hydroxyl groups is 1. The second kappa shape index (κ2) is 3.87. The van der Waals surface area contributed by atoms with Crippen LogP contribution in [0.4, 0.5) is 4.39 Å². The highest BCUT2D eigenvalue weighted by Crippen LogP contribution is 2.35. The molecule has 0 bridgehead atoms. The summed E-state index contributed by atoms with van der Waals surface area (Å²) in [6.45, 7) is 3.67. The predicted molar refractivity (Wildman–Crippen MR) is 55.4 cm³/mol. The standard InChI is InChI=1S/C12H13FO3/c1-6(2)10(14)11-8-4-3-7(13)5-9(8)12(15)16-11/h3-6,10-11,14H,1-2H3/t10-,11-/m0/s1. The molecule has 0 aromatic heterocycles. The zero-order valence-electron chi connectivity index (χ0n) is 9.11. The van der Waals surface area contributed by atoms with Crippen molar-refractivity contribution in [2.45, 2.75) is 26.1 Å². The number of fused-ring (bicyclic) bond motifs is 1. The molecule has 2 atom stereocenters. The Morgan fingerprint density at radius 3 is 2.75 bits per heavy atom. The molecule has 1 aliphatic heterocycles. The average Bonchev–Trinajstić information content (AvgIpc) is 2.55. The van der Waals surface area contributed by atoms with Crippen LogP contribution in [0.25, 0.3) is 0 Å². The van der Waals surface area contributed by atoms with Crippen LogP contribution in [0, 0.1) is 11.7 Å². The van der Waals surface area contributed by atoms with E-state index < -0.39 is 24.0 Å². The van der Waals surface area contributed by atoms with Crippen molar-refractivity contribution in [3.8, 4) is 0 Å². The monoisotopic (exact) mass is 224 g/mol. The Morgan fingerprint density at radius 2 is 2.12 bits per heavy atom. The van der Waals surface area contributed by atoms with Gasteiger partial charge in [-0.2, -0.15) is 0 Å². The van der Waals surface area contributed by atoms with Crippen molar-refractivity contribution >= 4 is 5.97 Å². The van der Waals surface area contributed by atoms with Gasteiger partial charge in [0.05, 0.1) is 11.7 Å². The maximum Gasteiger partial charge on any atom is 0.339 e. The smallest absolute Gasteiger partial charge is 0.339 e. The number of carbonyl (C=O) groups excluding carboxylic acids is 1. The molecule has 0 fully saturated rings. The molecule has 0 spiro atoms. The third kappa shape index (κ3) is 1.69. The zero-order chi connectivity index (χ0) is 11.9. The van der Waals surface area contributed by atoms with E-state index in [1.54, 1.807) is 0 Å². The number of ether oxygens (including phenoxy) is 1. The third-order valence-electron chi connectivity index (χ3n) is 2.77. The average molecular weight is 224 g/mol. The first-order chi connectivity index (χ1) is 7.50. The van der Waals surface area contributed by atoms with E-state index in [2.05, 4.69) is 0 Å². The van der Waals surface area contributed by atoms with E-state index in [1.165, 1.54) is 12.1 Å². The first kappa shape index (κ1) is 11.1. The molecule has 1 heterocycles. The highest BCUT2D eigenvalue weighted by molar-refractivity contribution is 5.94. The van der Waals surface area contributed by atoms with Crippen LogP contribution in [0.15, 0.2) is 18.2 Å². The van der Waals surface area contributed by atoms with E-state index in [0.29, 0.717) is 5.56 Å². The molecule has 0 unspecified atom stereocenters. The van der Waals surface area contributed by atoms with Crippen LogP contribution >= 0.6 is 0 Å². The van der Waals surface area contributed by atoms with Gasteiger partial charge in [-0.3, -0.25) is 0 Å². The van der Waals surface area contributed by atoms with Crippen molar-refractivity contribution in [2.75, 3.05) is 0 Å². The Labute approximate surface area is 92.9 Å². The van der Waals surface area contributed by atoms with Crippen LogP contribution in [0.5, 0.6) is 0 Å². The summed E-state index contributed by atoms with van der Waals surface area (Å²) < 4.78 is 18.0. The molecule has 0 radical (unpaired) electrons. The highest BCUT2D eigenvalue weighted by Gasteiger charge is 2.37. The minimum absolute atomic E-state index is 0.0335. The summed E-state index contributed by atoms with van der Waals surface area (Å²) in [6, 6.07) is 3.90. The summed E-state index contributed by atoms with van der Waals surface area (Å²) in [5, 5.41) is 9.89. The molecular weight excluding hydrogens is 211 g/mol. The largest absolute Gasteiger partial charge is 0.451 e. The maximum atomic E-state index is 13.0. The second-order valence-electron chi connectivity index (χ2n) is 4.29. The van der Waals surface area contributed by atoms with Gasteiger partial charge >= 0.3 is 5.97 Å². The summed E-state index contributed by atoms with van der Waals surface area (Å²) in [7, 11) is 0. The van der Waals surface area contributed by atoms with Gasteiger partial charge in [-0.1, -0.05) is 19.9 Å². The molecule has 1 aliphatic rings. The first-order valence-electron chi connectivity index (χ1n) is 5.19. The number of hydrogen-bond donors (Lipinski definition) is 1. The van der Waals surface area contributed by atoms with Crippen LogP contribution in [0.2, 0.25) is 0 Å². The molecule has 1 aromatic carbocycles. The topological polar surface area (TPSA) is 46.5 Å². The SMILES string of the molecule is CC(C)[C@H](O)[C@H]1OC(=O)c2cc(F)ccc21. The van der Waals surface area contributed by atoms with E-state index in [-0.39, 0.29) is 11.5 Å². The van der Waals surface area contributed by atoms with Crippen LogP contribution in [0.3, 0.4) is 0 Å². The number of carbonyl (C=O) groups is 1. The molecule has 0 saturated carbocycles. The molecule has 1 aromatic rings. The summed E-state index contributed by atoms with van der Waals surface area (Å²) in [6.07, 6.45) is -1.45. The number of rotatable bonds is 2. The molecule has 0 amide bonds. The molecule has 0 aliphatic carbocycles. The van der Waals surface area contributed by atoms with Gasteiger partial charge in [-0.15, -0.1) is 0 Å². The van der Waals surface area contributed by atoms with E-state index in [1.807, 2.05) is 13.8 Å². The Hall–Kier alpha value is -1.42. The normalized spacial score (nSPS) is 20.8. The van der Waals surface area contributed by atoms with Crippen molar-refractivity contribution in [1.29, 1.82) is 0 Å². The molecule has 16 heavy (non-hydrogen) atoms. The van der Waals surface area contributed by atoms with Crippen LogP contribution < -0.4 is 0 Å². The predicted octanol–water partition coefficient (Wildman–Crippen LogP) is 2.05. The molecule has 0 saturated heterocycles. The summed E-state index contributed by atoms with van der Waals surface area (Å²) >= 11 is 0. The van der Waals surface area contributed by atoms with Crippen molar-refractivity contribution in [3.63, 3.8) is 0 Å². The van der Waals surface area contributed by atoms with Crippen LogP contribution in [0.1, 0.15) is 35.9 Å². The summed E-state index contributed by atoms with van der Waals surface area (Å²) in [5.41, 5.74) is 0.775. The maximum absolute atomic E-state index is 13.0. The minimum Gasteiger partial charge on any atom is -0.451 e. The van der Waals surface area contributed by atoms with Crippen LogP contribution in [-0.2, 0) is 4.74 Å². The molecule has 1 N–H and O–H groups in total. The lowest BCUT2D eigenvalue weighted by molar-refractivity contribution is -0.0263. The highest BCUT2D eigenvalue weighted by atomic mass is 19.1. The molecule has 2 rings (SSSR count). The van der Waals surface area contributed by atoms with E-state index in [0.717, 1.165) is 6.07 Å². The van der Waals surface area contributed by atoms with Crippen molar-refractivity contribution in [1.82, 2.24) is 0 Å². The Kier molecular flexibility index (Phi) is 2.68. The number of halogens is 1. The van der Waals surface area contributed by atoms with E-state index in [4.69, 9.17) is 4.74 Å². The first-order valence-corrected chi connectivity index (χ1v) is 5.19. The quantitative estimate of drug-likeness (QED) is 0.782. The number of esters is 1. The lowest BCUT2D eigenvalue weighted by Crippen LogP contribution is -2.24. The Balaban J connectivity index is 2.40. The fourth-order valence-electron chi connectivity index (χ4n) is 1.80. The van der Waals surface area contributed by atoms with Gasteiger partial charge in [0, 0.05) is 5.56 Å². The van der Waals surface area contributed by atoms with Crippen molar-refractivity contribution in [3.05, 3.63) is 35.1 Å². The van der Waals surface area contributed by atoms with Gasteiger partial charge in [0.15, 0.2) is 6.10 Å². The molecule has 4 heteroatoms. The molecular formula is C12H13FO3. The van der Waals surface area contributed by atoms with Gasteiger partial charge in [0.1, 0.15) is 5.82 Å². The van der Waals surface area contributed by atoms with Crippen molar-refractivity contribution < 1.29 is 19.0 Å². The molecule has 3 nitrogen and oxygen atoms in total. The van der Waals surface area contributed by atoms with Crippen LogP contribution in [-0.4, -0.2) is 17.2 Å². The van der Waals surface area contributed by atoms with E-state index in [9.17, 15) is 14.3 Å². The van der Waals surface area contributed by atoms with E-state index >= 15 is 0 Å². The Morgan fingerprint density at radius 1 is 1.44 bits per heavy atom. The minimum atomic E-state index is -0.768. The number of hydrogen-bond acceptors (Lipinski definition) is 3. The molecule has 86 valence electrons. The van der Waals surface area contributed by atoms with Crippen molar-refractivity contribution in [2.24, 2.45) is 5.92 Å². The van der Waals surface area contributed by atoms with Gasteiger partial charge in [0.2, 0.25) is 0 Å². The summed E-state index contributed by atoms with van der Waals surface area (Å²) in [4.78, 5) is 11.5. The fourth-order valence-corrected chi connectivity index (χ4v) is 1.80. The van der Waals surface area contributed by atoms with Gasteiger partial charge in [0.25, 0.3) is 0 Å². The second-order valence-corrected chi connectivity index (χ2v) is 4.29. The Bertz CT molecular complexity index is 428. The van der Waals surface area contributed by atoms with Gasteiger partial charge in [-0.25, -0.2) is 9.18 Å². The summed E-state index contributed by atoms with van der Waals surface area (Å²) in [5.74, 6) is -1.08. The number of cyclic esters (lactones) is 1. The number of benzene rings is 1.